The van der Waals surface area contributed by atoms with E-state index in [4.69, 9.17) is 5.73 Å². The standard InChI is InChI=1S/C14H14N4/c15-14-10-13(11-6-8-16-9-7-11)17-18(14)12-4-2-1-3-5-12/h1-10,13,17H,15H2. The second-order valence-electron chi connectivity index (χ2n) is 4.15. The van der Waals surface area contributed by atoms with Gasteiger partial charge in [0.05, 0.1) is 11.7 Å². The van der Waals surface area contributed by atoms with E-state index in [2.05, 4.69) is 10.4 Å². The Labute approximate surface area is 106 Å². The number of hydrogen-bond donors (Lipinski definition) is 2. The number of aromatic nitrogens is 1. The predicted octanol–water partition coefficient (Wildman–Crippen LogP) is 1.95. The van der Waals surface area contributed by atoms with Crippen molar-refractivity contribution in [3.8, 4) is 0 Å². The molecular formula is C14H14N4. The van der Waals surface area contributed by atoms with Crippen LogP contribution in [-0.4, -0.2) is 4.98 Å². The second kappa shape index (κ2) is 4.50. The highest BCUT2D eigenvalue weighted by atomic mass is 15.6. The molecule has 0 bridgehead atoms. The summed E-state index contributed by atoms with van der Waals surface area (Å²) < 4.78 is 0. The lowest BCUT2D eigenvalue weighted by Crippen LogP contribution is -2.35. The Balaban J connectivity index is 1.86. The SMILES string of the molecule is NC1=CC(c2ccncc2)NN1c1ccccc1. The molecule has 1 aromatic heterocycles. The molecule has 1 atom stereocenters. The molecule has 0 fully saturated rings. The zero-order valence-corrected chi connectivity index (χ0v) is 9.82. The number of pyridine rings is 1. The first kappa shape index (κ1) is 10.8. The molecule has 1 unspecified atom stereocenters. The smallest absolute Gasteiger partial charge is 0.116 e. The van der Waals surface area contributed by atoms with Crippen LogP contribution < -0.4 is 16.2 Å². The van der Waals surface area contributed by atoms with E-state index in [1.807, 2.05) is 53.5 Å². The van der Waals surface area contributed by atoms with E-state index in [9.17, 15) is 0 Å². The zero-order valence-electron chi connectivity index (χ0n) is 9.82. The van der Waals surface area contributed by atoms with Gasteiger partial charge in [-0.15, -0.1) is 0 Å². The molecule has 0 saturated heterocycles. The molecule has 0 amide bonds. The van der Waals surface area contributed by atoms with Gasteiger partial charge in [0.15, 0.2) is 0 Å². The van der Waals surface area contributed by atoms with E-state index < -0.39 is 0 Å². The second-order valence-corrected chi connectivity index (χ2v) is 4.15. The van der Waals surface area contributed by atoms with Gasteiger partial charge < -0.3 is 5.73 Å². The topological polar surface area (TPSA) is 54.2 Å². The van der Waals surface area contributed by atoms with Crippen molar-refractivity contribution in [3.63, 3.8) is 0 Å². The van der Waals surface area contributed by atoms with Gasteiger partial charge in [0.25, 0.3) is 0 Å². The largest absolute Gasteiger partial charge is 0.384 e. The summed E-state index contributed by atoms with van der Waals surface area (Å²) in [5, 5.41) is 1.89. The fourth-order valence-electron chi connectivity index (χ4n) is 2.04. The van der Waals surface area contributed by atoms with Crippen molar-refractivity contribution in [1.29, 1.82) is 0 Å². The number of rotatable bonds is 2. The van der Waals surface area contributed by atoms with Crippen LogP contribution in [0.3, 0.4) is 0 Å². The number of anilines is 1. The monoisotopic (exact) mass is 238 g/mol. The van der Waals surface area contributed by atoms with Crippen LogP contribution in [-0.2, 0) is 0 Å². The molecule has 2 heterocycles. The molecule has 18 heavy (non-hydrogen) atoms. The van der Waals surface area contributed by atoms with Crippen LogP contribution in [0.2, 0.25) is 0 Å². The summed E-state index contributed by atoms with van der Waals surface area (Å²) in [6.45, 7) is 0. The van der Waals surface area contributed by atoms with Crippen molar-refractivity contribution >= 4 is 5.69 Å². The number of hydrazine groups is 1. The van der Waals surface area contributed by atoms with E-state index in [1.165, 1.54) is 0 Å². The summed E-state index contributed by atoms with van der Waals surface area (Å²) in [4.78, 5) is 4.02. The minimum Gasteiger partial charge on any atom is -0.384 e. The number of hydrogen-bond acceptors (Lipinski definition) is 4. The maximum Gasteiger partial charge on any atom is 0.116 e. The van der Waals surface area contributed by atoms with Gasteiger partial charge in [-0.25, -0.2) is 5.43 Å². The number of nitrogens with zero attached hydrogens (tertiary/aromatic N) is 2. The van der Waals surface area contributed by atoms with Crippen LogP contribution in [0.15, 0.2) is 66.8 Å². The normalized spacial score (nSPS) is 18.8. The van der Waals surface area contributed by atoms with Crippen LogP contribution in [0.25, 0.3) is 0 Å². The Morgan fingerprint density at radius 1 is 1.06 bits per heavy atom. The molecule has 1 aliphatic heterocycles. The van der Waals surface area contributed by atoms with Crippen molar-refractivity contribution in [2.75, 3.05) is 5.01 Å². The van der Waals surface area contributed by atoms with Crippen LogP contribution in [0, 0.1) is 0 Å². The molecule has 0 aliphatic carbocycles. The van der Waals surface area contributed by atoms with Crippen molar-refractivity contribution in [3.05, 3.63) is 72.3 Å². The third kappa shape index (κ3) is 1.94. The third-order valence-electron chi connectivity index (χ3n) is 2.94. The minimum absolute atomic E-state index is 0.0909. The quantitative estimate of drug-likeness (QED) is 0.839. The minimum atomic E-state index is 0.0909. The number of nitrogens with two attached hydrogens (primary N) is 1. The van der Waals surface area contributed by atoms with Gasteiger partial charge in [0, 0.05) is 12.4 Å². The van der Waals surface area contributed by atoms with E-state index in [0.717, 1.165) is 11.3 Å². The summed E-state index contributed by atoms with van der Waals surface area (Å²) in [6.07, 6.45) is 5.57. The highest BCUT2D eigenvalue weighted by Crippen LogP contribution is 2.25. The maximum atomic E-state index is 6.05. The lowest BCUT2D eigenvalue weighted by atomic mass is 10.1. The van der Waals surface area contributed by atoms with Gasteiger partial charge in [-0.3, -0.25) is 9.99 Å². The predicted molar refractivity (Wildman–Crippen MR) is 71.3 cm³/mol. The molecule has 0 radical (unpaired) electrons. The highest BCUT2D eigenvalue weighted by molar-refractivity contribution is 5.52. The Hall–Kier alpha value is -2.33. The molecule has 4 nitrogen and oxygen atoms in total. The zero-order chi connectivity index (χ0) is 12.4. The van der Waals surface area contributed by atoms with E-state index in [0.29, 0.717) is 5.82 Å². The summed E-state index contributed by atoms with van der Waals surface area (Å²) in [7, 11) is 0. The van der Waals surface area contributed by atoms with Crippen LogP contribution in [0.4, 0.5) is 5.69 Å². The lowest BCUT2D eigenvalue weighted by molar-refractivity contribution is 0.661. The Morgan fingerprint density at radius 3 is 2.50 bits per heavy atom. The van der Waals surface area contributed by atoms with Gasteiger partial charge >= 0.3 is 0 Å². The Bertz CT molecular complexity index is 551. The van der Waals surface area contributed by atoms with Gasteiger partial charge in [-0.1, -0.05) is 18.2 Å². The first-order chi connectivity index (χ1) is 8.84. The van der Waals surface area contributed by atoms with Crippen molar-refractivity contribution < 1.29 is 0 Å². The lowest BCUT2D eigenvalue weighted by Gasteiger charge is -2.21. The summed E-state index contributed by atoms with van der Waals surface area (Å²) in [5.41, 5.74) is 11.6. The van der Waals surface area contributed by atoms with Gasteiger partial charge in [0.1, 0.15) is 5.82 Å². The highest BCUT2D eigenvalue weighted by Gasteiger charge is 2.22. The molecule has 2 aromatic rings. The molecule has 3 rings (SSSR count). The summed E-state index contributed by atoms with van der Waals surface area (Å²) in [5.74, 6) is 0.711. The van der Waals surface area contributed by atoms with E-state index in [-0.39, 0.29) is 6.04 Å². The van der Waals surface area contributed by atoms with E-state index in [1.54, 1.807) is 12.4 Å². The molecule has 1 aliphatic rings. The van der Waals surface area contributed by atoms with Gasteiger partial charge in [-0.05, 0) is 35.9 Å². The van der Waals surface area contributed by atoms with E-state index >= 15 is 0 Å². The fourth-order valence-corrected chi connectivity index (χ4v) is 2.04. The molecule has 90 valence electrons. The third-order valence-corrected chi connectivity index (χ3v) is 2.94. The molecule has 1 aromatic carbocycles. The Morgan fingerprint density at radius 2 is 1.78 bits per heavy atom. The van der Waals surface area contributed by atoms with Crippen LogP contribution in [0.1, 0.15) is 11.6 Å². The number of para-hydroxylation sites is 1. The Kier molecular flexibility index (Phi) is 2.70. The van der Waals surface area contributed by atoms with Gasteiger partial charge in [0.2, 0.25) is 0 Å². The van der Waals surface area contributed by atoms with Crippen LogP contribution in [0.5, 0.6) is 0 Å². The number of nitrogens with one attached hydrogen (secondary N) is 1. The average Bonchev–Trinajstić information content (AvgIpc) is 2.83. The summed E-state index contributed by atoms with van der Waals surface area (Å²) in [6, 6.07) is 14.1. The molecule has 0 saturated carbocycles. The summed E-state index contributed by atoms with van der Waals surface area (Å²) >= 11 is 0. The van der Waals surface area contributed by atoms with Crippen LogP contribution >= 0.6 is 0 Å². The van der Waals surface area contributed by atoms with Crippen molar-refractivity contribution in [2.45, 2.75) is 6.04 Å². The van der Waals surface area contributed by atoms with Crippen molar-refractivity contribution in [1.82, 2.24) is 10.4 Å². The number of benzene rings is 1. The van der Waals surface area contributed by atoms with Crippen molar-refractivity contribution in [2.24, 2.45) is 5.73 Å². The average molecular weight is 238 g/mol. The molecule has 4 heteroatoms. The van der Waals surface area contributed by atoms with Gasteiger partial charge in [-0.2, -0.15) is 0 Å². The first-order valence-electron chi connectivity index (χ1n) is 5.83. The molecule has 3 N–H and O–H groups in total. The fraction of sp³-hybridized carbons (Fsp3) is 0.0714. The molecule has 0 spiro atoms. The molecular weight excluding hydrogens is 224 g/mol. The maximum absolute atomic E-state index is 6.05. The first-order valence-corrected chi connectivity index (χ1v) is 5.83.